The van der Waals surface area contributed by atoms with Crippen LogP contribution in [0, 0.1) is 5.82 Å². The Labute approximate surface area is 146 Å². The highest BCUT2D eigenvalue weighted by Gasteiger charge is 2.14. The van der Waals surface area contributed by atoms with Gasteiger partial charge in [-0.25, -0.2) is 9.18 Å². The lowest BCUT2D eigenvalue weighted by Crippen LogP contribution is -2.31. The van der Waals surface area contributed by atoms with E-state index in [2.05, 4.69) is 5.32 Å². The average Bonchev–Trinajstić information content (AvgIpc) is 2.60. The molecule has 0 heterocycles. The largest absolute Gasteiger partial charge is 0.452 e. The molecule has 0 saturated carbocycles. The van der Waals surface area contributed by atoms with Crippen molar-refractivity contribution in [1.82, 2.24) is 5.32 Å². The number of amides is 1. The van der Waals surface area contributed by atoms with Crippen LogP contribution < -0.4 is 10.2 Å². The average molecular weight is 344 g/mol. The van der Waals surface area contributed by atoms with Gasteiger partial charge in [0.25, 0.3) is 5.91 Å². The number of halogens is 1. The smallest absolute Gasteiger partial charge is 0.338 e. The zero-order valence-corrected chi connectivity index (χ0v) is 14.5. The Kier molecular flexibility index (Phi) is 6.11. The standard InChI is InChI=1S/C19H21FN2O3/c1-13(14-7-9-16(20)10-8-14)21-18(23)12-25-19(24)15-5-4-6-17(11-15)22(2)3/h4-11,13H,12H2,1-3H3,(H,21,23). The van der Waals surface area contributed by atoms with Gasteiger partial charge >= 0.3 is 5.97 Å². The molecule has 0 aliphatic carbocycles. The Morgan fingerprint density at radius 3 is 2.48 bits per heavy atom. The molecule has 0 aromatic heterocycles. The summed E-state index contributed by atoms with van der Waals surface area (Å²) in [7, 11) is 3.74. The van der Waals surface area contributed by atoms with Crippen LogP contribution in [0.1, 0.15) is 28.9 Å². The molecule has 1 N–H and O–H groups in total. The summed E-state index contributed by atoms with van der Waals surface area (Å²) < 4.78 is 18.0. The number of carbonyl (C=O) groups excluding carboxylic acids is 2. The van der Waals surface area contributed by atoms with Gasteiger partial charge in [0.15, 0.2) is 6.61 Å². The number of nitrogens with zero attached hydrogens (tertiary/aromatic N) is 1. The van der Waals surface area contributed by atoms with Gasteiger partial charge in [0.05, 0.1) is 11.6 Å². The van der Waals surface area contributed by atoms with Gasteiger partial charge in [-0.15, -0.1) is 0 Å². The fourth-order valence-electron chi connectivity index (χ4n) is 2.24. The van der Waals surface area contributed by atoms with E-state index in [0.29, 0.717) is 5.56 Å². The van der Waals surface area contributed by atoms with E-state index >= 15 is 0 Å². The Hall–Kier alpha value is -2.89. The number of esters is 1. The van der Waals surface area contributed by atoms with Crippen LogP contribution in [0.2, 0.25) is 0 Å². The summed E-state index contributed by atoms with van der Waals surface area (Å²) in [5, 5.41) is 2.71. The van der Waals surface area contributed by atoms with Crippen LogP contribution in [-0.2, 0) is 9.53 Å². The number of nitrogens with one attached hydrogen (secondary N) is 1. The quantitative estimate of drug-likeness (QED) is 0.819. The Morgan fingerprint density at radius 2 is 1.84 bits per heavy atom. The maximum atomic E-state index is 12.9. The number of rotatable bonds is 6. The number of hydrogen-bond donors (Lipinski definition) is 1. The number of ether oxygens (including phenoxy) is 1. The van der Waals surface area contributed by atoms with Gasteiger partial charge in [-0.05, 0) is 42.8 Å². The van der Waals surface area contributed by atoms with Crippen LogP contribution in [0.5, 0.6) is 0 Å². The molecule has 2 aromatic rings. The molecule has 1 atom stereocenters. The maximum Gasteiger partial charge on any atom is 0.338 e. The molecule has 0 fully saturated rings. The lowest BCUT2D eigenvalue weighted by molar-refractivity contribution is -0.124. The predicted octanol–water partition coefficient (Wildman–Crippen LogP) is 2.93. The van der Waals surface area contributed by atoms with Crippen LogP contribution in [0.4, 0.5) is 10.1 Å². The zero-order chi connectivity index (χ0) is 18.4. The summed E-state index contributed by atoms with van der Waals surface area (Å²) in [6.45, 7) is 1.39. The first kappa shape index (κ1) is 18.4. The van der Waals surface area contributed by atoms with Gasteiger partial charge < -0.3 is 15.0 Å². The predicted molar refractivity (Wildman–Crippen MR) is 94.0 cm³/mol. The number of carbonyl (C=O) groups is 2. The fraction of sp³-hybridized carbons (Fsp3) is 0.263. The molecule has 0 aliphatic heterocycles. The third kappa shape index (κ3) is 5.31. The van der Waals surface area contributed by atoms with E-state index in [-0.39, 0.29) is 18.5 Å². The summed E-state index contributed by atoms with van der Waals surface area (Å²) in [5.74, 6) is -1.32. The molecule has 2 rings (SSSR count). The second-order valence-corrected chi connectivity index (χ2v) is 5.86. The summed E-state index contributed by atoms with van der Waals surface area (Å²) in [5.41, 5.74) is 2.01. The highest BCUT2D eigenvalue weighted by molar-refractivity contribution is 5.92. The lowest BCUT2D eigenvalue weighted by atomic mass is 10.1. The van der Waals surface area contributed by atoms with Crippen molar-refractivity contribution in [3.05, 3.63) is 65.5 Å². The first-order chi connectivity index (χ1) is 11.9. The summed E-state index contributed by atoms with van der Waals surface area (Å²) in [6, 6.07) is 12.5. The van der Waals surface area contributed by atoms with E-state index in [1.54, 1.807) is 37.3 Å². The van der Waals surface area contributed by atoms with E-state index in [0.717, 1.165) is 11.3 Å². The molecular weight excluding hydrogens is 323 g/mol. The molecule has 5 nitrogen and oxygen atoms in total. The van der Waals surface area contributed by atoms with Crippen molar-refractivity contribution >= 4 is 17.6 Å². The minimum atomic E-state index is -0.562. The number of benzene rings is 2. The van der Waals surface area contributed by atoms with Gasteiger partial charge in [0.2, 0.25) is 0 Å². The SMILES string of the molecule is CC(NC(=O)COC(=O)c1cccc(N(C)C)c1)c1ccc(F)cc1. The Bertz CT molecular complexity index is 745. The van der Waals surface area contributed by atoms with E-state index in [9.17, 15) is 14.0 Å². The molecule has 0 spiro atoms. The van der Waals surface area contributed by atoms with Crippen LogP contribution in [-0.4, -0.2) is 32.6 Å². The van der Waals surface area contributed by atoms with Crippen LogP contribution >= 0.6 is 0 Å². The lowest BCUT2D eigenvalue weighted by Gasteiger charge is -2.15. The minimum absolute atomic E-state index is 0.316. The van der Waals surface area contributed by atoms with E-state index < -0.39 is 11.9 Å². The van der Waals surface area contributed by atoms with Crippen molar-refractivity contribution in [2.75, 3.05) is 25.6 Å². The molecule has 1 unspecified atom stereocenters. The maximum absolute atomic E-state index is 12.9. The molecule has 25 heavy (non-hydrogen) atoms. The molecule has 132 valence electrons. The molecule has 0 aliphatic rings. The summed E-state index contributed by atoms with van der Waals surface area (Å²) in [4.78, 5) is 25.9. The van der Waals surface area contributed by atoms with E-state index in [1.165, 1.54) is 12.1 Å². The van der Waals surface area contributed by atoms with E-state index in [4.69, 9.17) is 4.74 Å². The van der Waals surface area contributed by atoms with Crippen molar-refractivity contribution in [1.29, 1.82) is 0 Å². The molecule has 0 bridgehead atoms. The highest BCUT2D eigenvalue weighted by atomic mass is 19.1. The van der Waals surface area contributed by atoms with Gasteiger partial charge in [-0.1, -0.05) is 18.2 Å². The Morgan fingerprint density at radius 1 is 1.16 bits per heavy atom. The summed E-state index contributed by atoms with van der Waals surface area (Å²) in [6.07, 6.45) is 0. The van der Waals surface area contributed by atoms with Gasteiger partial charge in [-0.3, -0.25) is 4.79 Å². The topological polar surface area (TPSA) is 58.6 Å². The van der Waals surface area contributed by atoms with Gasteiger partial charge in [0.1, 0.15) is 5.82 Å². The highest BCUT2D eigenvalue weighted by Crippen LogP contribution is 2.15. The molecular formula is C19H21FN2O3. The molecule has 1 amide bonds. The van der Waals surface area contributed by atoms with Crippen LogP contribution in [0.15, 0.2) is 48.5 Å². The Balaban J connectivity index is 1.88. The molecule has 0 radical (unpaired) electrons. The molecule has 0 saturated heterocycles. The van der Waals surface area contributed by atoms with Gasteiger partial charge in [-0.2, -0.15) is 0 Å². The zero-order valence-electron chi connectivity index (χ0n) is 14.5. The molecule has 2 aromatic carbocycles. The van der Waals surface area contributed by atoms with Crippen LogP contribution in [0.25, 0.3) is 0 Å². The third-order valence-corrected chi connectivity index (χ3v) is 3.68. The summed E-state index contributed by atoms with van der Waals surface area (Å²) >= 11 is 0. The fourth-order valence-corrected chi connectivity index (χ4v) is 2.24. The van der Waals surface area contributed by atoms with Crippen LogP contribution in [0.3, 0.4) is 0 Å². The van der Waals surface area contributed by atoms with Crippen molar-refractivity contribution in [3.63, 3.8) is 0 Å². The minimum Gasteiger partial charge on any atom is -0.452 e. The number of hydrogen-bond acceptors (Lipinski definition) is 4. The van der Waals surface area contributed by atoms with Crippen molar-refractivity contribution in [2.24, 2.45) is 0 Å². The van der Waals surface area contributed by atoms with Crippen molar-refractivity contribution < 1.29 is 18.7 Å². The normalized spacial score (nSPS) is 11.5. The number of anilines is 1. The van der Waals surface area contributed by atoms with E-state index in [1.807, 2.05) is 25.1 Å². The third-order valence-electron chi connectivity index (χ3n) is 3.68. The second kappa shape index (κ2) is 8.28. The monoisotopic (exact) mass is 344 g/mol. The van der Waals surface area contributed by atoms with Gasteiger partial charge in [0, 0.05) is 19.8 Å². The second-order valence-electron chi connectivity index (χ2n) is 5.86. The molecule has 6 heteroatoms. The first-order valence-electron chi connectivity index (χ1n) is 7.86. The van der Waals surface area contributed by atoms with Crippen molar-refractivity contribution in [3.8, 4) is 0 Å². The van der Waals surface area contributed by atoms with Crippen molar-refractivity contribution in [2.45, 2.75) is 13.0 Å². The first-order valence-corrected chi connectivity index (χ1v) is 7.86.